The molecule has 0 saturated carbocycles. The molecule has 2 rings (SSSR count). The van der Waals surface area contributed by atoms with Crippen LogP contribution in [0, 0.1) is 5.82 Å². The summed E-state index contributed by atoms with van der Waals surface area (Å²) in [5.41, 5.74) is 6.71. The Morgan fingerprint density at radius 2 is 1.52 bits per heavy atom. The van der Waals surface area contributed by atoms with Crippen molar-refractivity contribution in [2.24, 2.45) is 5.73 Å². The van der Waals surface area contributed by atoms with Gasteiger partial charge in [-0.25, -0.2) is 4.39 Å². The molecule has 2 aromatic carbocycles. The molecule has 4 nitrogen and oxygen atoms in total. The highest BCUT2D eigenvalue weighted by Crippen LogP contribution is 2.14. The third-order valence-corrected chi connectivity index (χ3v) is 3.15. The predicted octanol–water partition coefficient (Wildman–Crippen LogP) is 2.42. The Hall–Kier alpha value is -2.69. The number of carbonyl (C=O) groups is 2. The molecule has 5 heteroatoms. The van der Waals surface area contributed by atoms with E-state index < -0.39 is 5.91 Å². The number of primary amides is 1. The van der Waals surface area contributed by atoms with Crippen LogP contribution in [0.15, 0.2) is 48.5 Å². The van der Waals surface area contributed by atoms with Gasteiger partial charge >= 0.3 is 0 Å². The Balaban J connectivity index is 2.06. The smallest absolute Gasteiger partial charge is 0.251 e. The number of carbonyl (C=O) groups excluding carboxylic acids is 2. The molecule has 0 aromatic heterocycles. The van der Waals surface area contributed by atoms with Crippen LogP contribution in [0.5, 0.6) is 0 Å². The van der Waals surface area contributed by atoms with E-state index in [1.807, 2.05) is 6.92 Å². The van der Waals surface area contributed by atoms with Gasteiger partial charge in [0, 0.05) is 11.1 Å². The zero-order valence-corrected chi connectivity index (χ0v) is 11.5. The molecule has 0 heterocycles. The first-order valence-electron chi connectivity index (χ1n) is 6.43. The Morgan fingerprint density at radius 3 is 2.05 bits per heavy atom. The summed E-state index contributed by atoms with van der Waals surface area (Å²) in [6, 6.07) is 11.7. The van der Waals surface area contributed by atoms with Crippen LogP contribution in [0.4, 0.5) is 4.39 Å². The van der Waals surface area contributed by atoms with E-state index >= 15 is 0 Å². The van der Waals surface area contributed by atoms with Crippen molar-refractivity contribution in [1.29, 1.82) is 0 Å². The number of amides is 2. The molecule has 0 aliphatic rings. The van der Waals surface area contributed by atoms with Crippen molar-refractivity contribution >= 4 is 11.8 Å². The van der Waals surface area contributed by atoms with E-state index in [4.69, 9.17) is 5.73 Å². The molecular weight excluding hydrogens is 271 g/mol. The van der Waals surface area contributed by atoms with Gasteiger partial charge in [-0.15, -0.1) is 0 Å². The number of hydrogen-bond acceptors (Lipinski definition) is 2. The van der Waals surface area contributed by atoms with Gasteiger partial charge < -0.3 is 11.1 Å². The first-order chi connectivity index (χ1) is 9.97. The van der Waals surface area contributed by atoms with Crippen molar-refractivity contribution in [2.75, 3.05) is 0 Å². The first kappa shape index (κ1) is 14.7. The maximum Gasteiger partial charge on any atom is 0.251 e. The fourth-order valence-corrected chi connectivity index (χ4v) is 1.90. The minimum absolute atomic E-state index is 0.256. The summed E-state index contributed by atoms with van der Waals surface area (Å²) in [5, 5.41) is 2.80. The average molecular weight is 286 g/mol. The van der Waals surface area contributed by atoms with Crippen LogP contribution in [0.2, 0.25) is 0 Å². The number of hydrogen-bond donors (Lipinski definition) is 2. The molecule has 0 radical (unpaired) electrons. The van der Waals surface area contributed by atoms with Gasteiger partial charge in [0.2, 0.25) is 5.91 Å². The van der Waals surface area contributed by atoms with E-state index in [0.717, 1.165) is 5.56 Å². The molecule has 2 amide bonds. The molecule has 0 aliphatic heterocycles. The molecule has 108 valence electrons. The van der Waals surface area contributed by atoms with Crippen LogP contribution < -0.4 is 11.1 Å². The SMILES string of the molecule is C[C@@H](NC(=O)c1ccc(C(N)=O)cc1)c1ccc(F)cc1. The summed E-state index contributed by atoms with van der Waals surface area (Å²) in [5.74, 6) is -1.14. The standard InChI is InChI=1S/C16H15FN2O2/c1-10(11-6-8-14(17)9-7-11)19-16(21)13-4-2-12(3-5-13)15(18)20/h2-10H,1H3,(H2,18,20)(H,19,21)/t10-/m1/s1. The summed E-state index contributed by atoms with van der Waals surface area (Å²) in [4.78, 5) is 23.0. The fraction of sp³-hybridized carbons (Fsp3) is 0.125. The summed E-state index contributed by atoms with van der Waals surface area (Å²) in [7, 11) is 0. The fourth-order valence-electron chi connectivity index (χ4n) is 1.90. The summed E-state index contributed by atoms with van der Waals surface area (Å²) in [6.45, 7) is 1.81. The molecule has 0 spiro atoms. The summed E-state index contributed by atoms with van der Waals surface area (Å²) < 4.78 is 12.9. The van der Waals surface area contributed by atoms with Gasteiger partial charge in [0.1, 0.15) is 5.82 Å². The normalized spacial score (nSPS) is 11.7. The lowest BCUT2D eigenvalue weighted by Gasteiger charge is -2.14. The minimum Gasteiger partial charge on any atom is -0.366 e. The summed E-state index contributed by atoms with van der Waals surface area (Å²) in [6.07, 6.45) is 0. The monoisotopic (exact) mass is 286 g/mol. The quantitative estimate of drug-likeness (QED) is 0.906. The van der Waals surface area contributed by atoms with E-state index in [2.05, 4.69) is 5.32 Å². The van der Waals surface area contributed by atoms with Gasteiger partial charge in [0.25, 0.3) is 5.91 Å². The van der Waals surface area contributed by atoms with E-state index in [9.17, 15) is 14.0 Å². The van der Waals surface area contributed by atoms with Crippen LogP contribution in [0.25, 0.3) is 0 Å². The third-order valence-electron chi connectivity index (χ3n) is 3.15. The second-order valence-electron chi connectivity index (χ2n) is 4.69. The van der Waals surface area contributed by atoms with Crippen molar-refractivity contribution in [3.8, 4) is 0 Å². The third kappa shape index (κ3) is 3.66. The number of nitrogens with one attached hydrogen (secondary N) is 1. The van der Waals surface area contributed by atoms with E-state index in [-0.39, 0.29) is 17.8 Å². The van der Waals surface area contributed by atoms with Crippen LogP contribution in [-0.2, 0) is 0 Å². The number of rotatable bonds is 4. The van der Waals surface area contributed by atoms with Gasteiger partial charge in [0.05, 0.1) is 6.04 Å². The molecule has 0 bridgehead atoms. The molecule has 2 aromatic rings. The van der Waals surface area contributed by atoms with Crippen LogP contribution in [0.1, 0.15) is 39.2 Å². The highest BCUT2D eigenvalue weighted by Gasteiger charge is 2.12. The topological polar surface area (TPSA) is 72.2 Å². The van der Waals surface area contributed by atoms with Crippen molar-refractivity contribution in [3.05, 3.63) is 71.0 Å². The van der Waals surface area contributed by atoms with Gasteiger partial charge in [0.15, 0.2) is 0 Å². The predicted molar refractivity (Wildman–Crippen MR) is 77.2 cm³/mol. The number of benzene rings is 2. The Labute approximate surface area is 121 Å². The lowest BCUT2D eigenvalue weighted by Crippen LogP contribution is -2.26. The van der Waals surface area contributed by atoms with Crippen LogP contribution in [-0.4, -0.2) is 11.8 Å². The molecule has 3 N–H and O–H groups in total. The van der Waals surface area contributed by atoms with Crippen LogP contribution >= 0.6 is 0 Å². The zero-order valence-electron chi connectivity index (χ0n) is 11.5. The van der Waals surface area contributed by atoms with Gasteiger partial charge in [-0.2, -0.15) is 0 Å². The maximum absolute atomic E-state index is 12.9. The number of halogens is 1. The Kier molecular flexibility index (Phi) is 4.33. The molecular formula is C16H15FN2O2. The largest absolute Gasteiger partial charge is 0.366 e. The lowest BCUT2D eigenvalue weighted by atomic mass is 10.1. The van der Waals surface area contributed by atoms with E-state index in [1.165, 1.54) is 36.4 Å². The van der Waals surface area contributed by atoms with Gasteiger partial charge in [-0.1, -0.05) is 12.1 Å². The minimum atomic E-state index is -0.540. The molecule has 0 fully saturated rings. The molecule has 21 heavy (non-hydrogen) atoms. The summed E-state index contributed by atoms with van der Waals surface area (Å²) >= 11 is 0. The van der Waals surface area contributed by atoms with Crippen molar-refractivity contribution in [1.82, 2.24) is 5.32 Å². The zero-order chi connectivity index (χ0) is 15.4. The van der Waals surface area contributed by atoms with Crippen molar-refractivity contribution in [3.63, 3.8) is 0 Å². The maximum atomic E-state index is 12.9. The Morgan fingerprint density at radius 1 is 1.00 bits per heavy atom. The second-order valence-corrected chi connectivity index (χ2v) is 4.69. The van der Waals surface area contributed by atoms with Crippen LogP contribution in [0.3, 0.4) is 0 Å². The highest BCUT2D eigenvalue weighted by atomic mass is 19.1. The molecule has 1 atom stereocenters. The highest BCUT2D eigenvalue weighted by molar-refractivity contribution is 5.97. The average Bonchev–Trinajstić information content (AvgIpc) is 2.47. The van der Waals surface area contributed by atoms with E-state index in [0.29, 0.717) is 11.1 Å². The lowest BCUT2D eigenvalue weighted by molar-refractivity contribution is 0.0937. The molecule has 0 unspecified atom stereocenters. The van der Waals surface area contributed by atoms with E-state index in [1.54, 1.807) is 12.1 Å². The second kappa shape index (κ2) is 6.17. The van der Waals surface area contributed by atoms with Gasteiger partial charge in [-0.05, 0) is 48.9 Å². The number of nitrogens with two attached hydrogens (primary N) is 1. The molecule has 0 saturated heterocycles. The molecule has 0 aliphatic carbocycles. The Bertz CT molecular complexity index is 651. The van der Waals surface area contributed by atoms with Crippen molar-refractivity contribution < 1.29 is 14.0 Å². The first-order valence-corrected chi connectivity index (χ1v) is 6.43. The van der Waals surface area contributed by atoms with Gasteiger partial charge in [-0.3, -0.25) is 9.59 Å². The van der Waals surface area contributed by atoms with Crippen molar-refractivity contribution in [2.45, 2.75) is 13.0 Å².